The minimum atomic E-state index is -0.121. The van der Waals surface area contributed by atoms with Gasteiger partial charge in [0.25, 0.3) is 0 Å². The highest BCUT2D eigenvalue weighted by Gasteiger charge is 2.54. The summed E-state index contributed by atoms with van der Waals surface area (Å²) in [5.41, 5.74) is 2.80. The van der Waals surface area contributed by atoms with Crippen LogP contribution in [-0.4, -0.2) is 23.4 Å². The van der Waals surface area contributed by atoms with Crippen molar-refractivity contribution in [1.82, 2.24) is 0 Å². The van der Waals surface area contributed by atoms with E-state index in [0.717, 1.165) is 32.1 Å². The Morgan fingerprint density at radius 3 is 2.77 bits per heavy atom. The van der Waals surface area contributed by atoms with Crippen LogP contribution < -0.4 is 4.74 Å². The fourth-order valence-corrected chi connectivity index (χ4v) is 5.72. The van der Waals surface area contributed by atoms with Crippen molar-refractivity contribution in [3.63, 3.8) is 0 Å². The smallest absolute Gasteiger partial charge is 0.160 e. The molecule has 0 unspecified atom stereocenters. The maximum Gasteiger partial charge on any atom is 0.160 e. The van der Waals surface area contributed by atoms with E-state index in [1.54, 1.807) is 7.11 Å². The normalized spacial score (nSPS) is 39.8. The van der Waals surface area contributed by atoms with Crippen LogP contribution in [0.25, 0.3) is 0 Å². The third kappa shape index (κ3) is 1.84. The summed E-state index contributed by atoms with van der Waals surface area (Å²) >= 11 is 0. The predicted octanol–water partition coefficient (Wildman–Crippen LogP) is 3.62. The summed E-state index contributed by atoms with van der Waals surface area (Å²) in [5, 5.41) is 20.6. The lowest BCUT2D eigenvalue weighted by atomic mass is 9.55. The number of fused-ring (bicyclic) bond motifs is 5. The minimum Gasteiger partial charge on any atom is -0.504 e. The summed E-state index contributed by atoms with van der Waals surface area (Å²) in [6.45, 7) is 2.30. The Kier molecular flexibility index (Phi) is 3.19. The largest absolute Gasteiger partial charge is 0.504 e. The van der Waals surface area contributed by atoms with Gasteiger partial charge in [0.15, 0.2) is 11.5 Å². The molecule has 3 aliphatic carbocycles. The molecule has 2 saturated carbocycles. The molecule has 0 heterocycles. The van der Waals surface area contributed by atoms with Crippen LogP contribution in [0, 0.1) is 17.3 Å². The highest BCUT2D eigenvalue weighted by atomic mass is 16.5. The van der Waals surface area contributed by atoms with E-state index in [1.807, 2.05) is 12.1 Å². The predicted molar refractivity (Wildman–Crippen MR) is 85.3 cm³/mol. The first-order chi connectivity index (χ1) is 10.5. The van der Waals surface area contributed by atoms with Crippen molar-refractivity contribution >= 4 is 0 Å². The van der Waals surface area contributed by atoms with Gasteiger partial charge in [-0.1, -0.05) is 6.92 Å². The summed E-state index contributed by atoms with van der Waals surface area (Å²) in [7, 11) is 1.61. The number of rotatable bonds is 1. The number of aryl methyl sites for hydroxylation is 1. The zero-order chi connectivity index (χ0) is 15.5. The van der Waals surface area contributed by atoms with E-state index in [-0.39, 0.29) is 17.3 Å². The monoisotopic (exact) mass is 302 g/mol. The van der Waals surface area contributed by atoms with E-state index in [1.165, 1.54) is 17.5 Å². The fourth-order valence-electron chi connectivity index (χ4n) is 5.72. The molecule has 0 radical (unpaired) electrons. The molecule has 3 heteroatoms. The number of hydrogen-bond acceptors (Lipinski definition) is 3. The second kappa shape index (κ2) is 4.89. The zero-order valence-electron chi connectivity index (χ0n) is 13.5. The second-order valence-electron chi connectivity index (χ2n) is 7.78. The summed E-state index contributed by atoms with van der Waals surface area (Å²) in [6, 6.07) is 3.97. The molecule has 0 aromatic heterocycles. The SMILES string of the molecule is COc1cc2c(cc1O)[C@H]1CC[C@]3(C)[C@@H](O)CC[C@H]3[C@@H]1CC2. The molecule has 2 fully saturated rings. The summed E-state index contributed by atoms with van der Waals surface area (Å²) < 4.78 is 5.26. The van der Waals surface area contributed by atoms with Gasteiger partial charge in [0.05, 0.1) is 13.2 Å². The van der Waals surface area contributed by atoms with Crippen molar-refractivity contribution < 1.29 is 14.9 Å². The van der Waals surface area contributed by atoms with Crippen LogP contribution in [0.4, 0.5) is 0 Å². The fraction of sp³-hybridized carbons (Fsp3) is 0.684. The van der Waals surface area contributed by atoms with Gasteiger partial charge in [0.2, 0.25) is 0 Å². The molecule has 1 aromatic carbocycles. The Labute approximate surface area is 132 Å². The molecule has 3 aliphatic rings. The van der Waals surface area contributed by atoms with Crippen molar-refractivity contribution in [1.29, 1.82) is 0 Å². The Morgan fingerprint density at radius 1 is 1.18 bits per heavy atom. The number of ether oxygens (including phenoxy) is 1. The molecule has 120 valence electrons. The molecule has 2 N–H and O–H groups in total. The lowest BCUT2D eigenvalue weighted by Crippen LogP contribution is -2.43. The lowest BCUT2D eigenvalue weighted by Gasteiger charge is -2.50. The molecular formula is C19H26O3. The van der Waals surface area contributed by atoms with E-state index < -0.39 is 0 Å². The number of hydrogen-bond donors (Lipinski definition) is 2. The van der Waals surface area contributed by atoms with E-state index in [9.17, 15) is 10.2 Å². The molecule has 3 nitrogen and oxygen atoms in total. The number of aromatic hydroxyl groups is 1. The van der Waals surface area contributed by atoms with E-state index >= 15 is 0 Å². The Hall–Kier alpha value is -1.22. The average molecular weight is 302 g/mol. The summed E-state index contributed by atoms with van der Waals surface area (Å²) in [5.74, 6) is 2.70. The van der Waals surface area contributed by atoms with Gasteiger partial charge in [-0.25, -0.2) is 0 Å². The first kappa shape index (κ1) is 14.4. The van der Waals surface area contributed by atoms with Crippen LogP contribution in [-0.2, 0) is 6.42 Å². The molecule has 4 rings (SSSR count). The van der Waals surface area contributed by atoms with Gasteiger partial charge in [-0.15, -0.1) is 0 Å². The summed E-state index contributed by atoms with van der Waals surface area (Å²) in [6.07, 6.45) is 6.51. The standard InChI is InChI=1S/C19H26O3/c1-19-8-7-12-13(15(19)5-6-18(19)21)4-3-11-9-17(22-2)16(20)10-14(11)12/h9-10,12-13,15,18,20-21H,3-8H2,1-2H3/t12-,13+,15-,18-,19-/m0/s1. The van der Waals surface area contributed by atoms with Crippen molar-refractivity contribution in [2.75, 3.05) is 7.11 Å². The number of aliphatic hydroxyl groups is 1. The van der Waals surface area contributed by atoms with Crippen molar-refractivity contribution in [3.8, 4) is 11.5 Å². The molecular weight excluding hydrogens is 276 g/mol. The van der Waals surface area contributed by atoms with Gasteiger partial charge < -0.3 is 14.9 Å². The van der Waals surface area contributed by atoms with Gasteiger partial charge in [-0.2, -0.15) is 0 Å². The van der Waals surface area contributed by atoms with Crippen LogP contribution >= 0.6 is 0 Å². The minimum absolute atomic E-state index is 0.118. The van der Waals surface area contributed by atoms with Crippen molar-refractivity contribution in [3.05, 3.63) is 23.3 Å². The Bertz CT molecular complexity index is 597. The number of phenols is 1. The van der Waals surface area contributed by atoms with Gasteiger partial charge in [0, 0.05) is 0 Å². The quantitative estimate of drug-likeness (QED) is 0.833. The maximum atomic E-state index is 10.4. The first-order valence-electron chi connectivity index (χ1n) is 8.62. The van der Waals surface area contributed by atoms with Crippen LogP contribution in [0.1, 0.15) is 56.1 Å². The number of phenolic OH excluding ortho intramolecular Hbond substituents is 1. The van der Waals surface area contributed by atoms with Crippen LogP contribution in [0.3, 0.4) is 0 Å². The molecule has 0 saturated heterocycles. The Morgan fingerprint density at radius 2 is 2.00 bits per heavy atom. The highest BCUT2D eigenvalue weighted by Crippen LogP contribution is 2.61. The Balaban J connectivity index is 1.71. The maximum absolute atomic E-state index is 10.4. The lowest BCUT2D eigenvalue weighted by molar-refractivity contribution is -0.0226. The van der Waals surface area contributed by atoms with E-state index in [0.29, 0.717) is 23.5 Å². The van der Waals surface area contributed by atoms with Crippen LogP contribution in [0.2, 0.25) is 0 Å². The van der Waals surface area contributed by atoms with E-state index in [4.69, 9.17) is 4.74 Å². The van der Waals surface area contributed by atoms with Crippen LogP contribution in [0.5, 0.6) is 11.5 Å². The van der Waals surface area contributed by atoms with Gasteiger partial charge in [-0.3, -0.25) is 0 Å². The molecule has 0 bridgehead atoms. The second-order valence-corrected chi connectivity index (χ2v) is 7.78. The van der Waals surface area contributed by atoms with Crippen molar-refractivity contribution in [2.24, 2.45) is 17.3 Å². The van der Waals surface area contributed by atoms with Gasteiger partial charge in [-0.05, 0) is 85.0 Å². The molecule has 0 amide bonds. The first-order valence-corrected chi connectivity index (χ1v) is 8.62. The number of aliphatic hydroxyl groups excluding tert-OH is 1. The number of methoxy groups -OCH3 is 1. The van der Waals surface area contributed by atoms with Gasteiger partial charge in [0.1, 0.15) is 0 Å². The third-order valence-corrected chi connectivity index (χ3v) is 6.97. The van der Waals surface area contributed by atoms with Crippen LogP contribution in [0.15, 0.2) is 12.1 Å². The molecule has 1 aromatic rings. The number of benzene rings is 1. The molecule has 0 spiro atoms. The van der Waals surface area contributed by atoms with Gasteiger partial charge >= 0.3 is 0 Å². The molecule has 22 heavy (non-hydrogen) atoms. The average Bonchev–Trinajstić information content (AvgIpc) is 2.82. The highest BCUT2D eigenvalue weighted by molar-refractivity contribution is 5.49. The van der Waals surface area contributed by atoms with E-state index in [2.05, 4.69) is 6.92 Å². The topological polar surface area (TPSA) is 49.7 Å². The molecule has 5 atom stereocenters. The zero-order valence-corrected chi connectivity index (χ0v) is 13.5. The molecule has 0 aliphatic heterocycles. The van der Waals surface area contributed by atoms with Crippen molar-refractivity contribution in [2.45, 2.75) is 57.5 Å². The summed E-state index contributed by atoms with van der Waals surface area (Å²) in [4.78, 5) is 0. The third-order valence-electron chi connectivity index (χ3n) is 6.97.